The minimum atomic E-state index is 0.219. The normalized spacial score (nSPS) is 14.5. The molecule has 3 N–H and O–H groups in total. The number of piperidine rings is 1. The molecule has 0 atom stereocenters. The van der Waals surface area contributed by atoms with Crippen molar-refractivity contribution >= 4 is 16.9 Å². The van der Waals surface area contributed by atoms with Gasteiger partial charge in [-0.05, 0) is 69.3 Å². The summed E-state index contributed by atoms with van der Waals surface area (Å²) in [5.41, 5.74) is 11.8. The van der Waals surface area contributed by atoms with Crippen LogP contribution in [0.5, 0.6) is 0 Å². The summed E-state index contributed by atoms with van der Waals surface area (Å²) in [7, 11) is 0. The molecule has 43 heavy (non-hydrogen) atoms. The topological polar surface area (TPSA) is 108 Å². The second-order valence-corrected chi connectivity index (χ2v) is 11.2. The molecule has 3 aromatic heterocycles. The number of fused-ring (bicyclic) bond motifs is 1. The molecule has 4 heterocycles. The summed E-state index contributed by atoms with van der Waals surface area (Å²) >= 11 is 0. The predicted octanol–water partition coefficient (Wildman–Crippen LogP) is 6.53. The molecule has 222 valence electrons. The molecular formula is C35H42N8. The highest BCUT2D eigenvalue weighted by atomic mass is 15.2. The molecule has 1 aliphatic heterocycles. The fourth-order valence-electron chi connectivity index (χ4n) is 5.56. The number of hydrogen-bond acceptors (Lipinski definition) is 7. The maximum Gasteiger partial charge on any atom is 0.128 e. The number of allylic oxidation sites excluding steroid dienone is 2. The third-order valence-corrected chi connectivity index (χ3v) is 8.11. The van der Waals surface area contributed by atoms with E-state index in [0.29, 0.717) is 22.5 Å². The number of nitrogens with one attached hydrogen (secondary N) is 1. The third kappa shape index (κ3) is 6.78. The number of nitriles is 1. The zero-order valence-corrected chi connectivity index (χ0v) is 25.7. The van der Waals surface area contributed by atoms with Crippen LogP contribution < -0.4 is 16.0 Å². The lowest BCUT2D eigenvalue weighted by Gasteiger charge is -2.42. The van der Waals surface area contributed by atoms with Gasteiger partial charge in [-0.15, -0.1) is 0 Å². The molecule has 5 rings (SSSR count). The van der Waals surface area contributed by atoms with Gasteiger partial charge in [0.25, 0.3) is 0 Å². The van der Waals surface area contributed by atoms with E-state index in [-0.39, 0.29) is 11.5 Å². The Bertz CT molecular complexity index is 1610. The summed E-state index contributed by atoms with van der Waals surface area (Å²) < 4.78 is 1.72. The standard InChI is InChI=1S/C33H37N7.C2H5N/c1-6-25(19-35-23(3)4)29-22-40-32(27(18-34)21-37-40)31(38-29)26-10-13-30(36-20-26)39-16-14-33(7-2,15-17-39)28-11-8-24(5)9-12-28;1-2-3/h6,8-13,19-23,35H,1,7,14-17H2,2-5H3;2H,1,3H2/b25-19+;. The highest BCUT2D eigenvalue weighted by Crippen LogP contribution is 2.39. The summed E-state index contributed by atoms with van der Waals surface area (Å²) in [6.07, 6.45) is 13.5. The quantitative estimate of drug-likeness (QED) is 0.230. The molecule has 0 spiro atoms. The van der Waals surface area contributed by atoms with E-state index in [1.54, 1.807) is 16.8 Å². The number of pyridine rings is 1. The van der Waals surface area contributed by atoms with Gasteiger partial charge in [0.1, 0.15) is 23.0 Å². The summed E-state index contributed by atoms with van der Waals surface area (Å²) in [6, 6.07) is 15.7. The van der Waals surface area contributed by atoms with E-state index in [2.05, 4.69) is 98.3 Å². The summed E-state index contributed by atoms with van der Waals surface area (Å²) in [5.74, 6) is 0.964. The highest BCUT2D eigenvalue weighted by Gasteiger charge is 2.35. The van der Waals surface area contributed by atoms with Crippen LogP contribution in [0.4, 0.5) is 5.82 Å². The lowest BCUT2D eigenvalue weighted by molar-refractivity contribution is 0.319. The van der Waals surface area contributed by atoms with Crippen LogP contribution in [0.1, 0.15) is 62.4 Å². The van der Waals surface area contributed by atoms with Crippen LogP contribution in [0, 0.1) is 18.3 Å². The molecule has 4 aromatic rings. The van der Waals surface area contributed by atoms with Gasteiger partial charge in [-0.1, -0.05) is 56.0 Å². The maximum atomic E-state index is 9.75. The largest absolute Gasteiger partial charge is 0.405 e. The zero-order chi connectivity index (χ0) is 31.0. The number of benzene rings is 1. The highest BCUT2D eigenvalue weighted by molar-refractivity contribution is 5.83. The van der Waals surface area contributed by atoms with Crippen LogP contribution in [0.2, 0.25) is 0 Å². The van der Waals surface area contributed by atoms with Crippen LogP contribution in [-0.4, -0.2) is 38.7 Å². The van der Waals surface area contributed by atoms with Crippen LogP contribution >= 0.6 is 0 Å². The Morgan fingerprint density at radius 2 is 1.84 bits per heavy atom. The van der Waals surface area contributed by atoms with Crippen molar-refractivity contribution in [2.45, 2.75) is 58.4 Å². The average Bonchev–Trinajstić information content (AvgIpc) is 3.45. The van der Waals surface area contributed by atoms with Gasteiger partial charge in [-0.2, -0.15) is 10.4 Å². The maximum absolute atomic E-state index is 9.75. The number of rotatable bonds is 8. The molecule has 0 saturated carbocycles. The van der Waals surface area contributed by atoms with Crippen LogP contribution in [-0.2, 0) is 5.41 Å². The first-order valence-corrected chi connectivity index (χ1v) is 14.8. The molecule has 8 nitrogen and oxygen atoms in total. The smallest absolute Gasteiger partial charge is 0.128 e. The van der Waals surface area contributed by atoms with Gasteiger partial charge in [0.15, 0.2) is 0 Å². The Hall–Kier alpha value is -4.90. The minimum Gasteiger partial charge on any atom is -0.405 e. The lowest BCUT2D eigenvalue weighted by atomic mass is 9.71. The van der Waals surface area contributed by atoms with E-state index in [4.69, 9.17) is 9.97 Å². The number of aryl methyl sites for hydroxylation is 1. The third-order valence-electron chi connectivity index (χ3n) is 8.11. The molecule has 0 bridgehead atoms. The second-order valence-electron chi connectivity index (χ2n) is 11.2. The van der Waals surface area contributed by atoms with Crippen molar-refractivity contribution in [1.29, 1.82) is 5.26 Å². The molecule has 0 aliphatic carbocycles. The van der Waals surface area contributed by atoms with E-state index in [0.717, 1.165) is 49.3 Å². The van der Waals surface area contributed by atoms with Crippen molar-refractivity contribution in [2.75, 3.05) is 18.0 Å². The molecule has 1 aliphatic rings. The number of aromatic nitrogens is 4. The van der Waals surface area contributed by atoms with Crippen molar-refractivity contribution in [3.63, 3.8) is 0 Å². The van der Waals surface area contributed by atoms with E-state index in [1.165, 1.54) is 17.3 Å². The minimum absolute atomic E-state index is 0.219. The molecular weight excluding hydrogens is 532 g/mol. The summed E-state index contributed by atoms with van der Waals surface area (Å²) in [5, 5.41) is 17.5. The summed E-state index contributed by atoms with van der Waals surface area (Å²) in [6.45, 7) is 17.6. The SMILES string of the molecule is C=C/C(=C\NC(C)C)c1cn2ncc(C#N)c2c(-c2ccc(N3CCC(CC)(c4ccc(C)cc4)CC3)nc2)n1.C=CN. The Labute approximate surface area is 255 Å². The Kier molecular flexibility index (Phi) is 9.99. The molecule has 1 aromatic carbocycles. The monoisotopic (exact) mass is 574 g/mol. The second kappa shape index (κ2) is 13.8. The van der Waals surface area contributed by atoms with Crippen molar-refractivity contribution in [1.82, 2.24) is 24.9 Å². The first-order valence-electron chi connectivity index (χ1n) is 14.8. The average molecular weight is 575 g/mol. The van der Waals surface area contributed by atoms with Crippen molar-refractivity contribution in [3.05, 3.63) is 109 Å². The lowest BCUT2D eigenvalue weighted by Crippen LogP contribution is -2.42. The summed E-state index contributed by atoms with van der Waals surface area (Å²) in [4.78, 5) is 12.2. The Balaban J connectivity index is 0.00000135. The van der Waals surface area contributed by atoms with Gasteiger partial charge in [-0.25, -0.2) is 14.5 Å². The fraction of sp³-hybridized carbons (Fsp3) is 0.314. The molecule has 8 heteroatoms. The molecule has 1 fully saturated rings. The molecule has 0 unspecified atom stereocenters. The van der Waals surface area contributed by atoms with E-state index in [1.807, 2.05) is 24.7 Å². The molecule has 1 saturated heterocycles. The van der Waals surface area contributed by atoms with Gasteiger partial charge in [0.2, 0.25) is 0 Å². The zero-order valence-electron chi connectivity index (χ0n) is 25.7. The number of hydrogen-bond donors (Lipinski definition) is 2. The van der Waals surface area contributed by atoms with Crippen molar-refractivity contribution in [3.8, 4) is 17.3 Å². The number of nitrogens with two attached hydrogens (primary N) is 1. The van der Waals surface area contributed by atoms with Crippen LogP contribution in [0.3, 0.4) is 0 Å². The van der Waals surface area contributed by atoms with Gasteiger partial charge in [0, 0.05) is 42.7 Å². The van der Waals surface area contributed by atoms with Gasteiger partial charge >= 0.3 is 0 Å². The Morgan fingerprint density at radius 1 is 1.14 bits per heavy atom. The Morgan fingerprint density at radius 3 is 2.40 bits per heavy atom. The first kappa shape index (κ1) is 31.0. The first-order chi connectivity index (χ1) is 20.8. The van der Waals surface area contributed by atoms with Gasteiger partial charge in [-0.3, -0.25) is 0 Å². The van der Waals surface area contributed by atoms with Crippen LogP contribution in [0.25, 0.3) is 22.3 Å². The van der Waals surface area contributed by atoms with E-state index in [9.17, 15) is 5.26 Å². The van der Waals surface area contributed by atoms with E-state index >= 15 is 0 Å². The van der Waals surface area contributed by atoms with Crippen molar-refractivity contribution in [2.24, 2.45) is 5.73 Å². The fourth-order valence-corrected chi connectivity index (χ4v) is 5.56. The van der Waals surface area contributed by atoms with Gasteiger partial charge in [0.05, 0.1) is 23.8 Å². The number of anilines is 1. The number of nitrogens with zero attached hydrogens (tertiary/aromatic N) is 6. The molecule has 0 amide bonds. The van der Waals surface area contributed by atoms with Crippen LogP contribution in [0.15, 0.2) is 86.6 Å². The van der Waals surface area contributed by atoms with Crippen molar-refractivity contribution < 1.29 is 0 Å². The molecule has 0 radical (unpaired) electrons. The van der Waals surface area contributed by atoms with E-state index < -0.39 is 0 Å². The van der Waals surface area contributed by atoms with Gasteiger partial charge < -0.3 is 16.0 Å². The predicted molar refractivity (Wildman–Crippen MR) is 176 cm³/mol.